The Morgan fingerprint density at radius 2 is 2.06 bits per heavy atom. The number of aromatic hydroxyl groups is 1. The molecule has 0 atom stereocenters. The van der Waals surface area contributed by atoms with Crippen molar-refractivity contribution in [1.29, 1.82) is 0 Å². The molecule has 0 amide bonds. The molecule has 2 N–H and O–H groups in total. The van der Waals surface area contributed by atoms with Gasteiger partial charge in [-0.05, 0) is 36.4 Å². The molecule has 18 heavy (non-hydrogen) atoms. The van der Waals surface area contributed by atoms with Crippen LogP contribution in [-0.4, -0.2) is 17.1 Å². The van der Waals surface area contributed by atoms with E-state index in [1.54, 1.807) is 30.3 Å². The second kappa shape index (κ2) is 4.07. The van der Waals surface area contributed by atoms with Crippen LogP contribution in [0.2, 0.25) is 0 Å². The minimum Gasteiger partial charge on any atom is -0.508 e. The van der Waals surface area contributed by atoms with E-state index in [-0.39, 0.29) is 5.75 Å². The Morgan fingerprint density at radius 1 is 1.22 bits per heavy atom. The van der Waals surface area contributed by atoms with E-state index in [2.05, 4.69) is 10.3 Å². The standard InChI is InChI=1S/C14H12N2O2/c1-15-10-4-2-9(3-5-10)14-16-12-7-6-11(17)8-13(12)18-14/h2-8,15,17H,1H3/i1T3. The van der Waals surface area contributed by atoms with Gasteiger partial charge in [0.15, 0.2) is 5.58 Å². The van der Waals surface area contributed by atoms with Crippen molar-refractivity contribution in [1.82, 2.24) is 4.98 Å². The number of hydrogen-bond donors (Lipinski definition) is 2. The highest BCUT2D eigenvalue weighted by atomic mass is 16.3. The van der Waals surface area contributed by atoms with E-state index in [1.807, 2.05) is 0 Å². The Morgan fingerprint density at radius 3 is 2.83 bits per heavy atom. The third-order valence-electron chi connectivity index (χ3n) is 2.65. The van der Waals surface area contributed by atoms with Crippen molar-refractivity contribution in [3.8, 4) is 17.2 Å². The number of oxazole rings is 1. The molecule has 0 bridgehead atoms. The summed E-state index contributed by atoms with van der Waals surface area (Å²) >= 11 is 0. The zero-order valence-electron chi connectivity index (χ0n) is 12.3. The number of benzene rings is 2. The third kappa shape index (κ3) is 1.78. The second-order valence-electron chi connectivity index (χ2n) is 3.87. The molecule has 0 aliphatic heterocycles. The second-order valence-corrected chi connectivity index (χ2v) is 3.87. The number of hydrogen-bond acceptors (Lipinski definition) is 4. The molecule has 1 aromatic heterocycles. The predicted molar refractivity (Wildman–Crippen MR) is 70.7 cm³/mol. The van der Waals surface area contributed by atoms with Crippen LogP contribution < -0.4 is 5.32 Å². The van der Waals surface area contributed by atoms with Crippen LogP contribution in [-0.2, 0) is 0 Å². The number of nitrogens with one attached hydrogen (secondary N) is 1. The van der Waals surface area contributed by atoms with Gasteiger partial charge in [-0.1, -0.05) is 0 Å². The minimum atomic E-state index is -2.23. The van der Waals surface area contributed by atoms with E-state index in [0.717, 1.165) is 5.56 Å². The maximum atomic E-state index is 9.41. The zero-order chi connectivity index (χ0) is 15.0. The summed E-state index contributed by atoms with van der Waals surface area (Å²) < 4.78 is 27.0. The SMILES string of the molecule is [3H]C([3H])([3H])Nc1ccc(-c2nc3ccc(O)cc3o2)cc1. The zero-order valence-corrected chi connectivity index (χ0v) is 9.34. The number of rotatable bonds is 2. The number of phenolic OH excluding ortho intramolecular Hbond substituents is 1. The van der Waals surface area contributed by atoms with Gasteiger partial charge in [-0.15, -0.1) is 0 Å². The summed E-state index contributed by atoms with van der Waals surface area (Å²) in [6.07, 6.45) is 0. The highest BCUT2D eigenvalue weighted by Crippen LogP contribution is 2.27. The highest BCUT2D eigenvalue weighted by Gasteiger charge is 2.08. The molecule has 0 unspecified atom stereocenters. The summed E-state index contributed by atoms with van der Waals surface area (Å²) in [5.74, 6) is 0.526. The molecule has 3 aromatic rings. The fourth-order valence-electron chi connectivity index (χ4n) is 1.73. The molecule has 1 heterocycles. The molecule has 3 rings (SSSR count). The van der Waals surface area contributed by atoms with Crippen LogP contribution in [0.5, 0.6) is 5.75 Å². The van der Waals surface area contributed by atoms with Crippen molar-refractivity contribution >= 4 is 16.8 Å². The lowest BCUT2D eigenvalue weighted by molar-refractivity contribution is 0.474. The summed E-state index contributed by atoms with van der Waals surface area (Å²) in [5.41, 5.74) is 2.36. The monoisotopic (exact) mass is 246 g/mol. The van der Waals surface area contributed by atoms with Gasteiger partial charge in [0.05, 0.1) is 0 Å². The van der Waals surface area contributed by atoms with Gasteiger partial charge in [0.1, 0.15) is 11.3 Å². The summed E-state index contributed by atoms with van der Waals surface area (Å²) in [6.45, 7) is -2.23. The molecule has 0 aliphatic carbocycles. The first-order chi connectivity index (χ1) is 9.90. The Bertz CT molecular complexity index is 779. The molecule has 0 radical (unpaired) electrons. The quantitative estimate of drug-likeness (QED) is 0.728. The van der Waals surface area contributed by atoms with Gasteiger partial charge in [-0.25, -0.2) is 4.98 Å². The first-order valence-corrected chi connectivity index (χ1v) is 5.39. The first-order valence-electron chi connectivity index (χ1n) is 6.89. The van der Waals surface area contributed by atoms with E-state index >= 15 is 0 Å². The summed E-state index contributed by atoms with van der Waals surface area (Å²) in [7, 11) is 0. The van der Waals surface area contributed by atoms with E-state index in [4.69, 9.17) is 8.53 Å². The number of fused-ring (bicyclic) bond motifs is 1. The highest BCUT2D eigenvalue weighted by molar-refractivity contribution is 5.77. The normalized spacial score (nSPS) is 13.9. The first kappa shape index (κ1) is 7.76. The van der Waals surface area contributed by atoms with Crippen LogP contribution in [0, 0.1) is 0 Å². The Labute approximate surface area is 108 Å². The van der Waals surface area contributed by atoms with Gasteiger partial charge in [0, 0.05) is 28.4 Å². The molecule has 0 spiro atoms. The van der Waals surface area contributed by atoms with Gasteiger partial charge < -0.3 is 14.8 Å². The number of anilines is 1. The molecule has 90 valence electrons. The molecule has 4 nitrogen and oxygen atoms in total. The lowest BCUT2D eigenvalue weighted by atomic mass is 10.2. The summed E-state index contributed by atoms with van der Waals surface area (Å²) in [4.78, 5) is 4.32. The van der Waals surface area contributed by atoms with E-state index < -0.39 is 6.98 Å². The van der Waals surface area contributed by atoms with E-state index in [9.17, 15) is 5.11 Å². The molecule has 0 saturated carbocycles. The summed E-state index contributed by atoms with van der Waals surface area (Å²) in [5, 5.41) is 11.8. The van der Waals surface area contributed by atoms with Crippen LogP contribution in [0.1, 0.15) is 4.11 Å². The van der Waals surface area contributed by atoms with Gasteiger partial charge >= 0.3 is 0 Å². The molecule has 0 fully saturated rings. The molecule has 2 aromatic carbocycles. The maximum Gasteiger partial charge on any atom is 0.227 e. The molecular weight excluding hydrogens is 228 g/mol. The van der Waals surface area contributed by atoms with E-state index in [0.29, 0.717) is 22.7 Å². The van der Waals surface area contributed by atoms with Gasteiger partial charge in [0.2, 0.25) is 5.89 Å². The summed E-state index contributed by atoms with van der Waals surface area (Å²) in [6, 6.07) is 11.4. The Hall–Kier alpha value is -2.49. The smallest absolute Gasteiger partial charge is 0.227 e. The predicted octanol–water partition coefficient (Wildman–Crippen LogP) is 3.24. The lowest BCUT2D eigenvalue weighted by Gasteiger charge is -1.99. The molecular formula is C14H12N2O2. The van der Waals surface area contributed by atoms with Crippen molar-refractivity contribution < 1.29 is 13.6 Å². The topological polar surface area (TPSA) is 58.3 Å². The average molecular weight is 246 g/mol. The van der Waals surface area contributed by atoms with Gasteiger partial charge in [-0.2, -0.15) is 0 Å². The van der Waals surface area contributed by atoms with Crippen LogP contribution in [0.4, 0.5) is 5.69 Å². The maximum absolute atomic E-state index is 9.41. The van der Waals surface area contributed by atoms with Crippen molar-refractivity contribution in [3.63, 3.8) is 0 Å². The number of nitrogens with zero attached hydrogens (tertiary/aromatic N) is 1. The number of aromatic nitrogens is 1. The van der Waals surface area contributed by atoms with Crippen LogP contribution in [0.25, 0.3) is 22.6 Å². The van der Waals surface area contributed by atoms with Crippen LogP contribution in [0.15, 0.2) is 46.9 Å². The van der Waals surface area contributed by atoms with Crippen LogP contribution >= 0.6 is 0 Å². The molecule has 4 heteroatoms. The van der Waals surface area contributed by atoms with Gasteiger partial charge in [0.25, 0.3) is 0 Å². The Balaban J connectivity index is 1.91. The molecule has 0 saturated heterocycles. The van der Waals surface area contributed by atoms with Crippen molar-refractivity contribution in [2.75, 3.05) is 12.3 Å². The fourth-order valence-corrected chi connectivity index (χ4v) is 1.73. The molecule has 0 aliphatic rings. The minimum absolute atomic E-state index is 0.113. The van der Waals surface area contributed by atoms with Crippen LogP contribution in [0.3, 0.4) is 0 Å². The van der Waals surface area contributed by atoms with E-state index in [1.165, 1.54) is 12.1 Å². The fraction of sp³-hybridized carbons (Fsp3) is 0.0714. The van der Waals surface area contributed by atoms with Crippen molar-refractivity contribution in [3.05, 3.63) is 42.5 Å². The third-order valence-corrected chi connectivity index (χ3v) is 2.65. The lowest BCUT2D eigenvalue weighted by Crippen LogP contribution is -1.86. The average Bonchev–Trinajstić information content (AvgIpc) is 2.80. The Kier molecular flexibility index (Phi) is 1.76. The van der Waals surface area contributed by atoms with Gasteiger partial charge in [-0.3, -0.25) is 0 Å². The largest absolute Gasteiger partial charge is 0.508 e. The number of phenols is 1. The van der Waals surface area contributed by atoms with Crippen molar-refractivity contribution in [2.24, 2.45) is 0 Å². The van der Waals surface area contributed by atoms with Crippen molar-refractivity contribution in [2.45, 2.75) is 0 Å².